The summed E-state index contributed by atoms with van der Waals surface area (Å²) in [5, 5.41) is 0.215. The molecule has 4 nitrogen and oxygen atoms in total. The van der Waals surface area contributed by atoms with E-state index < -0.39 is 5.91 Å². The number of hydrogen-bond donors (Lipinski definition) is 2. The van der Waals surface area contributed by atoms with Gasteiger partial charge in [0.1, 0.15) is 11.5 Å². The van der Waals surface area contributed by atoms with Crippen LogP contribution in [0.2, 0.25) is 5.02 Å². The van der Waals surface area contributed by atoms with Gasteiger partial charge in [-0.1, -0.05) is 11.6 Å². The largest absolute Gasteiger partial charge is 0.384 e. The van der Waals surface area contributed by atoms with Crippen LogP contribution in [0.3, 0.4) is 0 Å². The molecule has 0 unspecified atom stereocenters. The van der Waals surface area contributed by atoms with Crippen LogP contribution in [-0.2, 0) is 0 Å². The Kier molecular flexibility index (Phi) is 1.96. The number of nitrogen functional groups attached to an aromatic ring is 1. The van der Waals surface area contributed by atoms with Gasteiger partial charge < -0.3 is 11.5 Å². The Balaban J connectivity index is 3.23. The van der Waals surface area contributed by atoms with Crippen molar-refractivity contribution in [2.75, 3.05) is 5.73 Å². The van der Waals surface area contributed by atoms with Gasteiger partial charge in [0.05, 0.1) is 5.02 Å². The molecule has 1 aromatic rings. The Morgan fingerprint density at radius 3 is 2.64 bits per heavy atom. The lowest BCUT2D eigenvalue weighted by Gasteiger charge is -1.98. The lowest BCUT2D eigenvalue weighted by Crippen LogP contribution is -2.14. The van der Waals surface area contributed by atoms with Crippen LogP contribution in [0.1, 0.15) is 10.5 Å². The van der Waals surface area contributed by atoms with Gasteiger partial charge in [-0.15, -0.1) is 0 Å². The van der Waals surface area contributed by atoms with Crippen molar-refractivity contribution in [1.82, 2.24) is 4.98 Å². The van der Waals surface area contributed by atoms with E-state index in [0.717, 1.165) is 0 Å². The molecule has 1 aromatic heterocycles. The van der Waals surface area contributed by atoms with E-state index in [9.17, 15) is 4.79 Å². The van der Waals surface area contributed by atoms with Crippen LogP contribution < -0.4 is 11.5 Å². The lowest BCUT2D eigenvalue weighted by molar-refractivity contribution is 0.0996. The van der Waals surface area contributed by atoms with Gasteiger partial charge in [-0.05, 0) is 12.1 Å². The van der Waals surface area contributed by atoms with E-state index in [0.29, 0.717) is 0 Å². The number of carbonyl (C=O) groups excluding carboxylic acids is 1. The number of nitrogens with zero attached hydrogens (tertiary/aromatic N) is 1. The van der Waals surface area contributed by atoms with E-state index in [1.165, 1.54) is 12.1 Å². The number of rotatable bonds is 1. The molecule has 0 bridgehead atoms. The van der Waals surface area contributed by atoms with Gasteiger partial charge in [-0.3, -0.25) is 4.79 Å². The Morgan fingerprint density at radius 1 is 1.55 bits per heavy atom. The number of anilines is 1. The minimum atomic E-state index is -0.678. The molecule has 5 heteroatoms. The number of hydrogen-bond acceptors (Lipinski definition) is 3. The molecule has 0 aromatic carbocycles. The van der Waals surface area contributed by atoms with Crippen molar-refractivity contribution in [3.63, 3.8) is 0 Å². The van der Waals surface area contributed by atoms with Crippen molar-refractivity contribution in [1.29, 1.82) is 0 Å². The molecule has 0 aliphatic heterocycles. The third-order valence-corrected chi connectivity index (χ3v) is 1.41. The second kappa shape index (κ2) is 2.75. The number of nitrogens with two attached hydrogens (primary N) is 2. The van der Waals surface area contributed by atoms with Crippen LogP contribution in [0.25, 0.3) is 0 Å². The lowest BCUT2D eigenvalue weighted by atomic mass is 10.3. The molecular formula is C6H6ClN3O. The summed E-state index contributed by atoms with van der Waals surface area (Å²) in [5.41, 5.74) is 10.2. The van der Waals surface area contributed by atoms with E-state index in [1.54, 1.807) is 0 Å². The SMILES string of the molecule is NC(=O)c1nc(N)ccc1Cl. The summed E-state index contributed by atoms with van der Waals surface area (Å²) in [6.07, 6.45) is 0. The van der Waals surface area contributed by atoms with E-state index in [-0.39, 0.29) is 16.5 Å². The second-order valence-corrected chi connectivity index (χ2v) is 2.34. The highest BCUT2D eigenvalue weighted by atomic mass is 35.5. The molecule has 58 valence electrons. The van der Waals surface area contributed by atoms with Gasteiger partial charge >= 0.3 is 0 Å². The number of amides is 1. The first-order chi connectivity index (χ1) is 5.11. The molecule has 1 rings (SSSR count). The quantitative estimate of drug-likeness (QED) is 0.642. The maximum Gasteiger partial charge on any atom is 0.268 e. The van der Waals surface area contributed by atoms with Crippen LogP contribution in [0.15, 0.2) is 12.1 Å². The number of aromatic nitrogens is 1. The number of primary amides is 1. The molecule has 0 radical (unpaired) electrons. The summed E-state index contributed by atoms with van der Waals surface area (Å²) < 4.78 is 0. The molecule has 0 atom stereocenters. The fourth-order valence-corrected chi connectivity index (χ4v) is 0.828. The fraction of sp³-hybridized carbons (Fsp3) is 0. The van der Waals surface area contributed by atoms with E-state index in [4.69, 9.17) is 23.1 Å². The minimum absolute atomic E-state index is 0.00617. The summed E-state index contributed by atoms with van der Waals surface area (Å²) >= 11 is 5.57. The number of pyridine rings is 1. The van der Waals surface area contributed by atoms with Crippen LogP contribution >= 0.6 is 11.6 Å². The average molecular weight is 172 g/mol. The number of halogens is 1. The average Bonchev–Trinajstić information content (AvgIpc) is 1.94. The zero-order valence-corrected chi connectivity index (χ0v) is 6.30. The third kappa shape index (κ3) is 1.59. The first kappa shape index (κ1) is 7.81. The Bertz CT molecular complexity index is 300. The Labute approximate surface area is 68.2 Å². The normalized spacial score (nSPS) is 9.55. The monoisotopic (exact) mass is 171 g/mol. The van der Waals surface area contributed by atoms with Crippen molar-refractivity contribution >= 4 is 23.3 Å². The van der Waals surface area contributed by atoms with E-state index in [1.807, 2.05) is 0 Å². The summed E-state index contributed by atoms with van der Waals surface area (Å²) in [5.74, 6) is -0.453. The molecule has 1 amide bonds. The highest BCUT2D eigenvalue weighted by Crippen LogP contribution is 2.13. The van der Waals surface area contributed by atoms with Crippen molar-refractivity contribution in [3.05, 3.63) is 22.8 Å². The molecule has 1 heterocycles. The summed E-state index contributed by atoms with van der Waals surface area (Å²) in [6, 6.07) is 2.97. The molecular weight excluding hydrogens is 166 g/mol. The van der Waals surface area contributed by atoms with Crippen molar-refractivity contribution in [3.8, 4) is 0 Å². The van der Waals surface area contributed by atoms with Gasteiger partial charge in [0.15, 0.2) is 0 Å². The third-order valence-electron chi connectivity index (χ3n) is 1.10. The predicted octanol–water partition coefficient (Wildman–Crippen LogP) is 0.416. The molecule has 0 spiro atoms. The van der Waals surface area contributed by atoms with Gasteiger partial charge in [0.25, 0.3) is 5.91 Å². The zero-order valence-electron chi connectivity index (χ0n) is 5.54. The van der Waals surface area contributed by atoms with Crippen LogP contribution in [0.4, 0.5) is 5.82 Å². The standard InChI is InChI=1S/C6H6ClN3O/c7-3-1-2-4(8)10-5(3)6(9)11/h1-2H,(H2,8,10)(H2,9,11). The van der Waals surface area contributed by atoms with Crippen molar-refractivity contribution < 1.29 is 4.79 Å². The minimum Gasteiger partial charge on any atom is -0.384 e. The van der Waals surface area contributed by atoms with Crippen LogP contribution in [0.5, 0.6) is 0 Å². The maximum absolute atomic E-state index is 10.6. The van der Waals surface area contributed by atoms with Gasteiger partial charge in [0, 0.05) is 0 Å². The maximum atomic E-state index is 10.6. The van der Waals surface area contributed by atoms with E-state index in [2.05, 4.69) is 4.98 Å². The number of carbonyl (C=O) groups is 1. The molecule has 0 fully saturated rings. The van der Waals surface area contributed by atoms with Crippen LogP contribution in [0, 0.1) is 0 Å². The molecule has 4 N–H and O–H groups in total. The van der Waals surface area contributed by atoms with Crippen molar-refractivity contribution in [2.45, 2.75) is 0 Å². The second-order valence-electron chi connectivity index (χ2n) is 1.93. The summed E-state index contributed by atoms with van der Waals surface area (Å²) in [7, 11) is 0. The molecule has 0 saturated carbocycles. The van der Waals surface area contributed by atoms with Gasteiger partial charge in [-0.2, -0.15) is 0 Å². The smallest absolute Gasteiger partial charge is 0.268 e. The van der Waals surface area contributed by atoms with Crippen LogP contribution in [-0.4, -0.2) is 10.9 Å². The highest BCUT2D eigenvalue weighted by molar-refractivity contribution is 6.33. The molecule has 0 saturated heterocycles. The summed E-state index contributed by atoms with van der Waals surface area (Å²) in [4.78, 5) is 14.2. The first-order valence-corrected chi connectivity index (χ1v) is 3.21. The summed E-state index contributed by atoms with van der Waals surface area (Å²) in [6.45, 7) is 0. The zero-order chi connectivity index (χ0) is 8.43. The molecule has 0 aliphatic carbocycles. The first-order valence-electron chi connectivity index (χ1n) is 2.83. The molecule has 11 heavy (non-hydrogen) atoms. The topological polar surface area (TPSA) is 82.0 Å². The van der Waals surface area contributed by atoms with Gasteiger partial charge in [-0.25, -0.2) is 4.98 Å². The van der Waals surface area contributed by atoms with E-state index >= 15 is 0 Å². The fourth-order valence-electron chi connectivity index (χ4n) is 0.630. The van der Waals surface area contributed by atoms with Crippen molar-refractivity contribution in [2.24, 2.45) is 5.73 Å². The molecule has 0 aliphatic rings. The Morgan fingerprint density at radius 2 is 2.18 bits per heavy atom. The van der Waals surface area contributed by atoms with Gasteiger partial charge in [0.2, 0.25) is 0 Å². The highest BCUT2D eigenvalue weighted by Gasteiger charge is 2.07. The Hall–Kier alpha value is -1.29. The predicted molar refractivity (Wildman–Crippen MR) is 42.2 cm³/mol.